The van der Waals surface area contributed by atoms with Crippen LogP contribution in [0.15, 0.2) is 23.1 Å². The van der Waals surface area contributed by atoms with Crippen LogP contribution in [0.5, 0.6) is 5.75 Å². The second-order valence-electron chi connectivity index (χ2n) is 6.18. The van der Waals surface area contributed by atoms with Crippen LogP contribution in [-0.4, -0.2) is 42.8 Å². The van der Waals surface area contributed by atoms with Gasteiger partial charge in [0.05, 0.1) is 18.6 Å². The average Bonchev–Trinajstić information content (AvgIpc) is 2.52. The Bertz CT molecular complexity index is 788. The Labute approximate surface area is 144 Å². The molecular formula is C15H24N2O5S2. The van der Waals surface area contributed by atoms with Crippen molar-refractivity contribution in [2.24, 2.45) is 5.92 Å². The fraction of sp³-hybridized carbons (Fsp3) is 0.600. The van der Waals surface area contributed by atoms with Crippen LogP contribution in [0.25, 0.3) is 0 Å². The standard InChI is InChI=1S/C15H24N2O5S2/c1-12(2)11-16-24(20,21)15-10-13(6-7-14(15)22-3)17-8-4-5-9-23(17,18)19/h6-7,10,12,16H,4-5,8-9,11H2,1-3H3. The number of sulfonamides is 2. The van der Waals surface area contributed by atoms with E-state index in [9.17, 15) is 16.8 Å². The molecule has 0 spiro atoms. The Morgan fingerprint density at radius 3 is 2.58 bits per heavy atom. The zero-order chi connectivity index (χ0) is 18.0. The molecule has 1 saturated heterocycles. The average molecular weight is 377 g/mol. The number of nitrogens with one attached hydrogen (secondary N) is 1. The molecule has 1 aromatic rings. The Morgan fingerprint density at radius 2 is 2.00 bits per heavy atom. The summed E-state index contributed by atoms with van der Waals surface area (Å²) in [5, 5.41) is 0. The van der Waals surface area contributed by atoms with Crippen LogP contribution < -0.4 is 13.8 Å². The van der Waals surface area contributed by atoms with Gasteiger partial charge in [-0.25, -0.2) is 21.6 Å². The van der Waals surface area contributed by atoms with Crippen molar-refractivity contribution in [3.63, 3.8) is 0 Å². The number of nitrogens with zero attached hydrogens (tertiary/aromatic N) is 1. The van der Waals surface area contributed by atoms with Gasteiger partial charge in [0.15, 0.2) is 0 Å². The van der Waals surface area contributed by atoms with E-state index in [1.165, 1.54) is 23.5 Å². The maximum atomic E-state index is 12.6. The van der Waals surface area contributed by atoms with Gasteiger partial charge in [0.25, 0.3) is 0 Å². The molecule has 0 atom stereocenters. The zero-order valence-corrected chi connectivity index (χ0v) is 15.8. The van der Waals surface area contributed by atoms with Crippen LogP contribution in [0.2, 0.25) is 0 Å². The second-order valence-corrected chi connectivity index (χ2v) is 9.92. The number of methoxy groups -OCH3 is 1. The van der Waals surface area contributed by atoms with Crippen molar-refractivity contribution in [1.29, 1.82) is 0 Å². The van der Waals surface area contributed by atoms with Crippen LogP contribution in [0.3, 0.4) is 0 Å². The molecule has 0 saturated carbocycles. The largest absolute Gasteiger partial charge is 0.495 e. The lowest BCUT2D eigenvalue weighted by Crippen LogP contribution is -2.38. The first-order valence-electron chi connectivity index (χ1n) is 7.85. The van der Waals surface area contributed by atoms with Crippen LogP contribution in [0.1, 0.15) is 26.7 Å². The fourth-order valence-corrected chi connectivity index (χ4v) is 5.50. The molecule has 1 aliphatic heterocycles. The highest BCUT2D eigenvalue weighted by molar-refractivity contribution is 7.92. The zero-order valence-electron chi connectivity index (χ0n) is 14.1. The minimum absolute atomic E-state index is 0.0519. The van der Waals surface area contributed by atoms with E-state index in [4.69, 9.17) is 4.74 Å². The molecule has 24 heavy (non-hydrogen) atoms. The Kier molecular flexibility index (Phi) is 5.77. The number of ether oxygens (including phenoxy) is 1. The molecule has 0 aromatic heterocycles. The number of hydrogen-bond acceptors (Lipinski definition) is 5. The lowest BCUT2D eigenvalue weighted by Gasteiger charge is -2.28. The van der Waals surface area contributed by atoms with E-state index in [-0.39, 0.29) is 28.9 Å². The maximum absolute atomic E-state index is 12.6. The van der Waals surface area contributed by atoms with Gasteiger partial charge in [-0.1, -0.05) is 13.8 Å². The van der Waals surface area contributed by atoms with E-state index in [0.29, 0.717) is 18.7 Å². The van der Waals surface area contributed by atoms with Gasteiger partial charge < -0.3 is 4.74 Å². The van der Waals surface area contributed by atoms with E-state index in [1.54, 1.807) is 6.07 Å². The van der Waals surface area contributed by atoms with Crippen LogP contribution in [0, 0.1) is 5.92 Å². The van der Waals surface area contributed by atoms with Crippen molar-refractivity contribution < 1.29 is 21.6 Å². The van der Waals surface area contributed by atoms with Gasteiger partial charge in [-0.3, -0.25) is 4.31 Å². The Balaban J connectivity index is 2.44. The van der Waals surface area contributed by atoms with Crippen LogP contribution in [-0.2, 0) is 20.0 Å². The van der Waals surface area contributed by atoms with E-state index in [2.05, 4.69) is 4.72 Å². The molecule has 0 aliphatic carbocycles. The van der Waals surface area contributed by atoms with Gasteiger partial charge in [0.1, 0.15) is 10.6 Å². The molecule has 136 valence electrons. The third kappa shape index (κ3) is 4.20. The molecule has 9 heteroatoms. The molecule has 1 N–H and O–H groups in total. The summed E-state index contributed by atoms with van der Waals surface area (Å²) in [7, 11) is -5.82. The van der Waals surface area contributed by atoms with E-state index >= 15 is 0 Å². The first-order chi connectivity index (χ1) is 11.2. The second kappa shape index (κ2) is 7.28. The lowest BCUT2D eigenvalue weighted by atomic mass is 10.2. The maximum Gasteiger partial charge on any atom is 0.244 e. The molecule has 7 nitrogen and oxygen atoms in total. The van der Waals surface area contributed by atoms with Gasteiger partial charge in [0.2, 0.25) is 20.0 Å². The van der Waals surface area contributed by atoms with Gasteiger partial charge in [0, 0.05) is 13.1 Å². The summed E-state index contributed by atoms with van der Waals surface area (Å²) in [5.41, 5.74) is 0.348. The third-order valence-electron chi connectivity index (χ3n) is 3.76. The number of rotatable bonds is 6. The lowest BCUT2D eigenvalue weighted by molar-refractivity contribution is 0.402. The predicted octanol–water partition coefficient (Wildman–Crippen LogP) is 1.56. The summed E-state index contributed by atoms with van der Waals surface area (Å²) in [6, 6.07) is 4.43. The summed E-state index contributed by atoms with van der Waals surface area (Å²) >= 11 is 0. The summed E-state index contributed by atoms with van der Waals surface area (Å²) in [4.78, 5) is -0.0519. The normalized spacial score (nSPS) is 17.9. The predicted molar refractivity (Wildman–Crippen MR) is 93.4 cm³/mol. The summed E-state index contributed by atoms with van der Waals surface area (Å²) in [6.45, 7) is 4.44. The minimum Gasteiger partial charge on any atom is -0.495 e. The first-order valence-corrected chi connectivity index (χ1v) is 10.9. The fourth-order valence-electron chi connectivity index (χ4n) is 2.46. The SMILES string of the molecule is COc1ccc(N2CCCCS2(=O)=O)cc1S(=O)(=O)NCC(C)C. The first kappa shape index (κ1) is 19.0. The van der Waals surface area contributed by atoms with E-state index in [0.717, 1.165) is 6.42 Å². The number of hydrogen-bond donors (Lipinski definition) is 1. The third-order valence-corrected chi connectivity index (χ3v) is 7.07. The van der Waals surface area contributed by atoms with Gasteiger partial charge in [-0.2, -0.15) is 0 Å². The molecule has 2 rings (SSSR count). The molecule has 1 aliphatic rings. The van der Waals surface area contributed by atoms with Crippen molar-refractivity contribution in [3.05, 3.63) is 18.2 Å². The molecule has 1 aromatic carbocycles. The molecule has 0 bridgehead atoms. The Hall–Kier alpha value is -1.32. The van der Waals surface area contributed by atoms with Gasteiger partial charge in [-0.15, -0.1) is 0 Å². The topological polar surface area (TPSA) is 92.8 Å². The van der Waals surface area contributed by atoms with E-state index in [1.807, 2.05) is 13.8 Å². The van der Waals surface area contributed by atoms with Gasteiger partial charge in [-0.05, 0) is 37.0 Å². The van der Waals surface area contributed by atoms with Crippen molar-refractivity contribution in [2.45, 2.75) is 31.6 Å². The molecule has 0 radical (unpaired) electrons. The summed E-state index contributed by atoms with van der Waals surface area (Å²) < 4.78 is 58.5. The van der Waals surface area contributed by atoms with E-state index < -0.39 is 20.0 Å². The van der Waals surface area contributed by atoms with Crippen molar-refractivity contribution in [2.75, 3.05) is 30.3 Å². The van der Waals surface area contributed by atoms with Crippen molar-refractivity contribution in [3.8, 4) is 5.75 Å². The highest BCUT2D eigenvalue weighted by Gasteiger charge is 2.28. The highest BCUT2D eigenvalue weighted by atomic mass is 32.2. The number of benzene rings is 1. The summed E-state index contributed by atoms with van der Waals surface area (Å²) in [6.07, 6.45) is 1.37. The summed E-state index contributed by atoms with van der Waals surface area (Å²) in [5.74, 6) is 0.410. The molecule has 0 amide bonds. The monoisotopic (exact) mass is 376 g/mol. The van der Waals surface area contributed by atoms with Crippen molar-refractivity contribution >= 4 is 25.7 Å². The molecule has 1 fully saturated rings. The van der Waals surface area contributed by atoms with Gasteiger partial charge >= 0.3 is 0 Å². The molecule has 0 unspecified atom stereocenters. The Morgan fingerprint density at radius 1 is 1.29 bits per heavy atom. The molecule has 1 heterocycles. The van der Waals surface area contributed by atoms with Crippen molar-refractivity contribution in [1.82, 2.24) is 4.72 Å². The quantitative estimate of drug-likeness (QED) is 0.813. The highest BCUT2D eigenvalue weighted by Crippen LogP contribution is 2.31. The van der Waals surface area contributed by atoms with Crippen LogP contribution >= 0.6 is 0 Å². The molecular weight excluding hydrogens is 352 g/mol. The smallest absolute Gasteiger partial charge is 0.244 e. The minimum atomic E-state index is -3.79. The van der Waals surface area contributed by atoms with Crippen LogP contribution in [0.4, 0.5) is 5.69 Å². The number of anilines is 1.